The molecule has 1 aromatic carbocycles. The van der Waals surface area contributed by atoms with E-state index in [1.165, 1.54) is 0 Å². The van der Waals surface area contributed by atoms with Crippen LogP contribution in [0, 0.1) is 5.92 Å². The van der Waals surface area contributed by atoms with Gasteiger partial charge in [0.1, 0.15) is 42.3 Å². The smallest absolute Gasteiger partial charge is 0.305 e. The van der Waals surface area contributed by atoms with Crippen molar-refractivity contribution in [2.45, 2.75) is 120 Å². The van der Waals surface area contributed by atoms with Gasteiger partial charge in [0.25, 0.3) is 0 Å². The fourth-order valence-electron chi connectivity index (χ4n) is 6.67. The zero-order chi connectivity index (χ0) is 57.5. The van der Waals surface area contributed by atoms with Gasteiger partial charge < -0.3 is 92.5 Å². The fraction of sp³-hybridized carbons (Fsp3) is 0.578. The molecule has 0 aromatic heterocycles. The molecule has 0 radical (unpaired) electrons. The number of amides is 11. The first-order chi connectivity index (χ1) is 35.8. The average molecular weight is 1100 g/mol. The van der Waals surface area contributed by atoms with Gasteiger partial charge >= 0.3 is 5.97 Å². The third kappa shape index (κ3) is 26.5. The number of aliphatic imine (C=N–C) groups is 1. The number of thiol groups is 1. The first kappa shape index (κ1) is 66.4. The lowest BCUT2D eigenvalue weighted by Gasteiger charge is -2.25. The molecule has 31 heteroatoms. The Balaban J connectivity index is 3.18. The number of nitrogens with one attached hydrogen (secondary N) is 9. The molecule has 11 amide bonds. The Labute approximate surface area is 443 Å². The number of nitrogens with two attached hydrogens (primary N) is 6. The number of carboxylic acids is 1. The van der Waals surface area contributed by atoms with Crippen LogP contribution < -0.4 is 82.3 Å². The maximum absolute atomic E-state index is 13.7. The molecule has 0 unspecified atom stereocenters. The number of carbonyl (C=O) groups is 12. The Morgan fingerprint density at radius 2 is 1.08 bits per heavy atom. The molecule has 0 bridgehead atoms. The zero-order valence-corrected chi connectivity index (χ0v) is 43.2. The summed E-state index contributed by atoms with van der Waals surface area (Å²) in [7, 11) is 0. The highest BCUT2D eigenvalue weighted by Crippen LogP contribution is 2.08. The highest BCUT2D eigenvalue weighted by atomic mass is 32.1. The third-order valence-electron chi connectivity index (χ3n) is 11.0. The number of guanidine groups is 1. The molecule has 0 aliphatic carbocycles. The molecule has 0 saturated carbocycles. The Kier molecular flexibility index (Phi) is 31.0. The van der Waals surface area contributed by atoms with Gasteiger partial charge in [-0.15, -0.1) is 0 Å². The van der Waals surface area contributed by atoms with Crippen molar-refractivity contribution in [3.8, 4) is 0 Å². The molecule has 0 aliphatic rings. The fourth-order valence-corrected chi connectivity index (χ4v) is 6.93. The predicted molar refractivity (Wildman–Crippen MR) is 276 cm³/mol. The van der Waals surface area contributed by atoms with E-state index in [-0.39, 0.29) is 56.9 Å². The molecule has 1 aromatic rings. The van der Waals surface area contributed by atoms with Crippen LogP contribution in [-0.4, -0.2) is 174 Å². The number of aliphatic hydroxyl groups excluding tert-OH is 1. The Bertz CT molecular complexity index is 2190. The molecule has 30 nitrogen and oxygen atoms in total. The van der Waals surface area contributed by atoms with E-state index in [9.17, 15) is 67.7 Å². The lowest BCUT2D eigenvalue weighted by molar-refractivity contribution is -0.141. The molecule has 8 atom stereocenters. The largest absolute Gasteiger partial charge is 0.481 e. The van der Waals surface area contributed by atoms with Gasteiger partial charge in [-0.05, 0) is 56.6 Å². The summed E-state index contributed by atoms with van der Waals surface area (Å²) in [6, 6.07) is -3.30. The SMILES string of the molecule is CC(C)[C@H](N)C(=O)N[C@@H](CCC(N)=O)C(=O)NCC(=O)N[C@@H](CO)C(=O)N[C@@H](CC(=O)O)C(=O)N[C@@H](CS)C(=O)N[C@@H](Cc1ccccc1)C(=O)NCC(=O)N[C@@H](CCCN=C(N)N)C(=O)N[C@@H](CCCCN)C(N)=O. The molecule has 0 aliphatic heterocycles. The summed E-state index contributed by atoms with van der Waals surface area (Å²) in [5, 5.41) is 40.5. The molecule has 0 heterocycles. The molecule has 76 heavy (non-hydrogen) atoms. The van der Waals surface area contributed by atoms with Gasteiger partial charge in [-0.2, -0.15) is 12.6 Å². The van der Waals surface area contributed by atoms with Crippen LogP contribution in [0.3, 0.4) is 0 Å². The van der Waals surface area contributed by atoms with Crippen LogP contribution in [0.4, 0.5) is 0 Å². The second-order valence-corrected chi connectivity index (χ2v) is 17.9. The monoisotopic (exact) mass is 1090 g/mol. The first-order valence-corrected chi connectivity index (χ1v) is 24.7. The number of primary amides is 2. The minimum atomic E-state index is -1.95. The maximum Gasteiger partial charge on any atom is 0.305 e. The van der Waals surface area contributed by atoms with E-state index >= 15 is 0 Å². The Morgan fingerprint density at radius 1 is 0.592 bits per heavy atom. The molecule has 0 fully saturated rings. The molecular formula is C45H74N16O14S. The van der Waals surface area contributed by atoms with Crippen LogP contribution in [-0.2, 0) is 64.0 Å². The predicted octanol–water partition coefficient (Wildman–Crippen LogP) is -7.83. The molecule has 1 rings (SSSR count). The molecule has 23 N–H and O–H groups in total. The quantitative estimate of drug-likeness (QED) is 0.0127. The number of carboxylic acid groups (broad SMARTS) is 1. The Morgan fingerprint density at radius 3 is 1.61 bits per heavy atom. The second-order valence-electron chi connectivity index (χ2n) is 17.5. The minimum Gasteiger partial charge on any atom is -0.481 e. The van der Waals surface area contributed by atoms with E-state index in [1.54, 1.807) is 44.2 Å². The van der Waals surface area contributed by atoms with E-state index in [2.05, 4.69) is 65.5 Å². The number of hydrogen-bond acceptors (Lipinski definition) is 17. The molecule has 0 saturated heterocycles. The van der Waals surface area contributed by atoms with E-state index < -0.39 is 151 Å². The summed E-state index contributed by atoms with van der Waals surface area (Å²) < 4.78 is 0. The van der Waals surface area contributed by atoms with Crippen LogP contribution in [0.25, 0.3) is 0 Å². The van der Waals surface area contributed by atoms with Crippen LogP contribution in [0.1, 0.15) is 70.8 Å². The van der Waals surface area contributed by atoms with Crippen molar-refractivity contribution < 1.29 is 67.7 Å². The summed E-state index contributed by atoms with van der Waals surface area (Å²) in [4.78, 5) is 158. The summed E-state index contributed by atoms with van der Waals surface area (Å²) in [5.41, 5.74) is 33.4. The summed E-state index contributed by atoms with van der Waals surface area (Å²) in [6.45, 7) is 1.06. The highest BCUT2D eigenvalue weighted by molar-refractivity contribution is 7.80. The molecule has 424 valence electrons. The molecular weight excluding hydrogens is 1020 g/mol. The van der Waals surface area contributed by atoms with Gasteiger partial charge in [-0.1, -0.05) is 44.2 Å². The number of unbranched alkanes of at least 4 members (excludes halogenated alkanes) is 1. The lowest BCUT2D eigenvalue weighted by atomic mass is 10.0. The topological polar surface area (TPSA) is 522 Å². The Hall–Kier alpha value is -7.64. The number of nitrogens with zero attached hydrogens (tertiary/aromatic N) is 1. The molecule has 0 spiro atoms. The lowest BCUT2D eigenvalue weighted by Crippen LogP contribution is -2.60. The third-order valence-corrected chi connectivity index (χ3v) is 11.3. The number of rotatable bonds is 37. The van der Waals surface area contributed by atoms with Gasteiger partial charge in [-0.3, -0.25) is 62.5 Å². The van der Waals surface area contributed by atoms with Crippen molar-refractivity contribution in [2.75, 3.05) is 38.5 Å². The van der Waals surface area contributed by atoms with Crippen LogP contribution >= 0.6 is 12.6 Å². The van der Waals surface area contributed by atoms with Crippen LogP contribution in [0.15, 0.2) is 35.3 Å². The van der Waals surface area contributed by atoms with Gasteiger partial charge in [0, 0.05) is 25.1 Å². The second kappa shape index (κ2) is 35.5. The van der Waals surface area contributed by atoms with E-state index in [4.69, 9.17) is 34.4 Å². The summed E-state index contributed by atoms with van der Waals surface area (Å²) in [6.07, 6.45) is -0.461. The van der Waals surface area contributed by atoms with Crippen molar-refractivity contribution in [2.24, 2.45) is 45.3 Å². The van der Waals surface area contributed by atoms with Crippen LogP contribution in [0.5, 0.6) is 0 Å². The normalized spacial score (nSPS) is 14.0. The van der Waals surface area contributed by atoms with Crippen molar-refractivity contribution >= 4 is 89.5 Å². The van der Waals surface area contributed by atoms with Gasteiger partial charge in [-0.25, -0.2) is 0 Å². The van der Waals surface area contributed by atoms with E-state index in [0.717, 1.165) is 0 Å². The van der Waals surface area contributed by atoms with Crippen molar-refractivity contribution in [1.82, 2.24) is 47.9 Å². The maximum atomic E-state index is 13.7. The number of aliphatic hydroxyl groups is 1. The number of carbonyl (C=O) groups excluding carboxylic acids is 11. The van der Waals surface area contributed by atoms with Gasteiger partial charge in [0.05, 0.1) is 32.2 Å². The summed E-state index contributed by atoms with van der Waals surface area (Å²) >= 11 is 4.13. The summed E-state index contributed by atoms with van der Waals surface area (Å²) in [5.74, 6) is -13.0. The van der Waals surface area contributed by atoms with Crippen LogP contribution in [0.2, 0.25) is 0 Å². The van der Waals surface area contributed by atoms with Crippen molar-refractivity contribution in [3.63, 3.8) is 0 Å². The van der Waals surface area contributed by atoms with Gasteiger partial charge in [0.2, 0.25) is 65.0 Å². The van der Waals surface area contributed by atoms with E-state index in [1.807, 2.05) is 0 Å². The van der Waals surface area contributed by atoms with Crippen molar-refractivity contribution in [1.29, 1.82) is 0 Å². The standard InChI is InChI=1S/C45H74N16O14S/c1-23(2)36(48)44(75)58-27(13-14-32(47)63)38(69)53-20-34(65)56-30(21-62)42(73)60-29(18-35(66)67)41(72)61-31(22-76)43(74)59-28(17-24-9-4-3-5-10-24)39(70)54-19-33(64)55-26(12-8-16-52-45(50)51)40(71)57-25(37(49)68)11-6-7-15-46/h3-5,9-10,23,25-31,36,62,76H,6-8,11-22,46,48H2,1-2H3,(H2,47,63)(H2,49,68)(H,53,69)(H,54,70)(H,55,64)(H,56,65)(H,57,71)(H,58,75)(H,59,74)(H,60,73)(H,61,72)(H,66,67)(H4,50,51,52)/t25-,26-,27-,28-,29-,30-,31-,36-/m0/s1. The van der Waals surface area contributed by atoms with E-state index in [0.29, 0.717) is 24.9 Å². The first-order valence-electron chi connectivity index (χ1n) is 24.1. The zero-order valence-electron chi connectivity index (χ0n) is 42.3. The number of hydrogen-bond donors (Lipinski definition) is 18. The highest BCUT2D eigenvalue weighted by Gasteiger charge is 2.33. The number of benzene rings is 1. The average Bonchev–Trinajstić information content (AvgIpc) is 3.36. The van der Waals surface area contributed by atoms with Gasteiger partial charge in [0.15, 0.2) is 5.96 Å². The van der Waals surface area contributed by atoms with Crippen molar-refractivity contribution in [3.05, 3.63) is 35.9 Å². The minimum absolute atomic E-state index is 0.0148. The number of aliphatic carboxylic acids is 1.